The van der Waals surface area contributed by atoms with Crippen molar-refractivity contribution in [2.75, 3.05) is 62.4 Å². The van der Waals surface area contributed by atoms with Gasteiger partial charge in [0, 0.05) is 37.3 Å². The fourth-order valence-corrected chi connectivity index (χ4v) is 4.62. The van der Waals surface area contributed by atoms with Gasteiger partial charge in [-0.2, -0.15) is 0 Å². The van der Waals surface area contributed by atoms with Gasteiger partial charge in [0.25, 0.3) is 0 Å². The third-order valence-corrected chi connectivity index (χ3v) is 6.28. The van der Waals surface area contributed by atoms with E-state index in [1.54, 1.807) is 24.3 Å². The maximum absolute atomic E-state index is 13.8. The van der Waals surface area contributed by atoms with E-state index >= 15 is 0 Å². The van der Waals surface area contributed by atoms with Gasteiger partial charge >= 0.3 is 12.1 Å². The second kappa shape index (κ2) is 11.5. The van der Waals surface area contributed by atoms with Gasteiger partial charge in [-0.05, 0) is 24.3 Å². The molecule has 0 fully saturated rings. The Morgan fingerprint density at radius 2 is 0.895 bits per heavy atom. The number of benzene rings is 2. The number of fused-ring (bicyclic) bond motifs is 2. The summed E-state index contributed by atoms with van der Waals surface area (Å²) < 4.78 is 0. The molecule has 0 atom stereocenters. The first-order valence-electron chi connectivity index (χ1n) is 12.0. The number of para-hydroxylation sites is 2. The lowest BCUT2D eigenvalue weighted by Crippen LogP contribution is -2.48. The van der Waals surface area contributed by atoms with Crippen molar-refractivity contribution in [3.63, 3.8) is 0 Å². The van der Waals surface area contributed by atoms with E-state index in [1.807, 2.05) is 0 Å². The molecule has 2 aromatic rings. The largest absolute Gasteiger partial charge is 0.395 e. The molecular weight excluding hydrogens is 496 g/mol. The number of carbonyl (C=O) groups excluding carboxylic acids is 4. The Balaban J connectivity index is 1.96. The zero-order chi connectivity index (χ0) is 27.4. The Morgan fingerprint density at radius 1 is 0.579 bits per heavy atom. The topological polar surface area (TPSA) is 162 Å². The molecule has 12 nitrogen and oxygen atoms in total. The molecule has 4 amide bonds. The van der Waals surface area contributed by atoms with Crippen molar-refractivity contribution in [3.05, 3.63) is 71.1 Å². The summed E-state index contributed by atoms with van der Waals surface area (Å²) in [6, 6.07) is 10.9. The maximum Gasteiger partial charge on any atom is 0.329 e. The van der Waals surface area contributed by atoms with Crippen LogP contribution >= 0.6 is 0 Å². The first-order chi connectivity index (χ1) is 18.4. The van der Waals surface area contributed by atoms with Crippen molar-refractivity contribution >= 4 is 35.0 Å². The highest BCUT2D eigenvalue weighted by atomic mass is 16.3. The first kappa shape index (κ1) is 26.9. The molecular formula is C26H28N4O8. The molecule has 12 heteroatoms. The second-order valence-corrected chi connectivity index (χ2v) is 8.49. The number of anilines is 2. The highest BCUT2D eigenvalue weighted by molar-refractivity contribution is 6.33. The third-order valence-electron chi connectivity index (χ3n) is 6.28. The van der Waals surface area contributed by atoms with Crippen LogP contribution in [0.3, 0.4) is 0 Å². The number of hydrogen-bond acceptors (Lipinski definition) is 8. The number of carbonyl (C=O) groups is 4. The highest BCUT2D eigenvalue weighted by Gasteiger charge is 2.48. The molecule has 4 N–H and O–H groups in total. The minimum absolute atomic E-state index is 0.134. The van der Waals surface area contributed by atoms with E-state index in [1.165, 1.54) is 24.3 Å². The molecule has 0 spiro atoms. The van der Waals surface area contributed by atoms with Crippen LogP contribution < -0.4 is 9.80 Å². The van der Waals surface area contributed by atoms with Gasteiger partial charge in [0.2, 0.25) is 11.6 Å². The fraction of sp³-hybridized carbons (Fsp3) is 0.308. The van der Waals surface area contributed by atoms with E-state index in [0.29, 0.717) is 0 Å². The van der Waals surface area contributed by atoms with Crippen LogP contribution in [0.4, 0.5) is 21.0 Å². The number of nitrogens with zero attached hydrogens (tertiary/aromatic N) is 4. The normalized spacial score (nSPS) is 16.1. The first-order valence-corrected chi connectivity index (χ1v) is 12.0. The Hall–Kier alpha value is -4.10. The van der Waals surface area contributed by atoms with Crippen molar-refractivity contribution in [2.24, 2.45) is 0 Å². The van der Waals surface area contributed by atoms with Gasteiger partial charge in [-0.3, -0.25) is 19.4 Å². The summed E-state index contributed by atoms with van der Waals surface area (Å²) in [6.07, 6.45) is 0. The lowest BCUT2D eigenvalue weighted by molar-refractivity contribution is 0.100. The van der Waals surface area contributed by atoms with Crippen LogP contribution in [0.2, 0.25) is 0 Å². The number of Topliss-reactive ketones (excluding diaryl/α,β-unsaturated/α-hetero) is 2. The molecule has 2 heterocycles. The molecule has 4 rings (SSSR count). The third kappa shape index (κ3) is 4.54. The predicted octanol–water partition coefficient (Wildman–Crippen LogP) is 0.417. The van der Waals surface area contributed by atoms with Crippen LogP contribution in [0.5, 0.6) is 0 Å². The summed E-state index contributed by atoms with van der Waals surface area (Å²) in [6.45, 7) is -2.22. The van der Waals surface area contributed by atoms with Crippen LogP contribution in [0.1, 0.15) is 20.7 Å². The van der Waals surface area contributed by atoms with Crippen LogP contribution in [0.15, 0.2) is 59.9 Å². The number of aliphatic hydroxyl groups excluding tert-OH is 4. The molecule has 200 valence electrons. The van der Waals surface area contributed by atoms with E-state index < -0.39 is 50.1 Å². The number of allylic oxidation sites excluding steroid dienone is 2. The molecule has 2 aliphatic rings. The molecule has 2 aromatic carbocycles. The molecule has 0 bridgehead atoms. The van der Waals surface area contributed by atoms with Crippen molar-refractivity contribution in [2.45, 2.75) is 0 Å². The van der Waals surface area contributed by atoms with Crippen LogP contribution in [0, 0.1) is 0 Å². The molecule has 0 aliphatic carbocycles. The molecule has 0 saturated heterocycles. The van der Waals surface area contributed by atoms with Crippen LogP contribution in [-0.2, 0) is 0 Å². The average molecular weight is 525 g/mol. The summed E-state index contributed by atoms with van der Waals surface area (Å²) in [7, 11) is 0. The van der Waals surface area contributed by atoms with E-state index in [4.69, 9.17) is 0 Å². The zero-order valence-electron chi connectivity index (χ0n) is 20.5. The van der Waals surface area contributed by atoms with Crippen LogP contribution in [0.25, 0.3) is 0 Å². The quantitative estimate of drug-likeness (QED) is 0.361. The Bertz CT molecular complexity index is 1180. The van der Waals surface area contributed by atoms with Gasteiger partial charge < -0.3 is 30.2 Å². The van der Waals surface area contributed by atoms with Gasteiger partial charge in [-0.15, -0.1) is 0 Å². The Kier molecular flexibility index (Phi) is 8.17. The minimum Gasteiger partial charge on any atom is -0.395 e. The van der Waals surface area contributed by atoms with Gasteiger partial charge in [-0.1, -0.05) is 24.3 Å². The van der Waals surface area contributed by atoms with Gasteiger partial charge in [0.1, 0.15) is 11.4 Å². The summed E-state index contributed by atoms with van der Waals surface area (Å²) >= 11 is 0. The number of ketones is 2. The van der Waals surface area contributed by atoms with E-state index in [-0.39, 0.29) is 60.1 Å². The van der Waals surface area contributed by atoms with Crippen molar-refractivity contribution in [3.8, 4) is 0 Å². The lowest BCUT2D eigenvalue weighted by atomic mass is 10.1. The summed E-state index contributed by atoms with van der Waals surface area (Å²) in [5.74, 6) is -1.32. The number of amides is 4. The predicted molar refractivity (Wildman–Crippen MR) is 136 cm³/mol. The summed E-state index contributed by atoms with van der Waals surface area (Å²) in [4.78, 5) is 59.4. The molecule has 0 unspecified atom stereocenters. The summed E-state index contributed by atoms with van der Waals surface area (Å²) in [5.41, 5.74) is -0.0570. The Labute approximate surface area is 218 Å². The van der Waals surface area contributed by atoms with Crippen molar-refractivity contribution < 1.29 is 39.6 Å². The molecule has 0 aromatic heterocycles. The van der Waals surface area contributed by atoms with Gasteiger partial charge in [0.05, 0.1) is 37.8 Å². The summed E-state index contributed by atoms with van der Waals surface area (Å²) in [5, 5.41) is 38.0. The molecule has 2 aliphatic heterocycles. The SMILES string of the molecule is O=C1/C(=C2/C(=O)c3ccccc3N2C(=O)N(CCO)CCO)N(C(=O)N(CCO)CCO)c2ccccc21. The minimum atomic E-state index is -0.771. The van der Waals surface area contributed by atoms with Crippen molar-refractivity contribution in [1.82, 2.24) is 9.80 Å². The van der Waals surface area contributed by atoms with Gasteiger partial charge in [-0.25, -0.2) is 9.59 Å². The molecule has 38 heavy (non-hydrogen) atoms. The lowest BCUT2D eigenvalue weighted by Gasteiger charge is -2.31. The average Bonchev–Trinajstić information content (AvgIpc) is 3.38. The van der Waals surface area contributed by atoms with Crippen molar-refractivity contribution in [1.29, 1.82) is 0 Å². The van der Waals surface area contributed by atoms with E-state index in [2.05, 4.69) is 0 Å². The number of urea groups is 2. The highest BCUT2D eigenvalue weighted by Crippen LogP contribution is 2.43. The maximum atomic E-state index is 13.8. The van der Waals surface area contributed by atoms with E-state index in [9.17, 15) is 39.6 Å². The molecule has 0 radical (unpaired) electrons. The number of rotatable bonds is 8. The number of hydrogen-bond donors (Lipinski definition) is 4. The number of aliphatic hydroxyl groups is 4. The van der Waals surface area contributed by atoms with Crippen LogP contribution in [-0.4, -0.2) is 106 Å². The zero-order valence-corrected chi connectivity index (χ0v) is 20.5. The van der Waals surface area contributed by atoms with Gasteiger partial charge in [0.15, 0.2) is 0 Å². The molecule has 0 saturated carbocycles. The smallest absolute Gasteiger partial charge is 0.329 e. The van der Waals surface area contributed by atoms with E-state index in [0.717, 1.165) is 19.6 Å². The fourth-order valence-electron chi connectivity index (χ4n) is 4.62. The second-order valence-electron chi connectivity index (χ2n) is 8.49. The standard InChI is InChI=1S/C26H28N4O8/c31-13-9-27(10-14-32)25(37)29-19-7-3-1-5-17(19)23(35)21(29)22-24(36)18-6-2-4-8-20(18)30(22)26(38)28(11-15-33)12-16-34/h1-8,31-34H,9-16H2/b22-21+. The monoisotopic (exact) mass is 524 g/mol. The Morgan fingerprint density at radius 3 is 1.21 bits per heavy atom.